The van der Waals surface area contributed by atoms with Crippen molar-refractivity contribution in [1.82, 2.24) is 0 Å². The molecule has 8 heteroatoms. The van der Waals surface area contributed by atoms with Crippen LogP contribution in [0.25, 0.3) is 21.5 Å². The summed E-state index contributed by atoms with van der Waals surface area (Å²) in [6.45, 7) is 0. The Balaban J connectivity index is 1.60. The Hall–Kier alpha value is -4.40. The van der Waals surface area contributed by atoms with Gasteiger partial charge in [-0.05, 0) is 32.7 Å². The third-order valence-electron chi connectivity index (χ3n) is 6.87. The Bertz CT molecular complexity index is 1420. The number of Topliss-reactive ketones (excluding diaryl/α,β-unsaturated/α-hetero) is 2. The van der Waals surface area contributed by atoms with Crippen LogP contribution in [-0.2, 0) is 19.2 Å². The topological polar surface area (TPSA) is 161 Å². The summed E-state index contributed by atoms with van der Waals surface area (Å²) in [6.07, 6.45) is -0.624. The van der Waals surface area contributed by atoms with Crippen LogP contribution in [0.15, 0.2) is 84.9 Å². The molecule has 0 saturated heterocycles. The van der Waals surface area contributed by atoms with Crippen LogP contribution in [0.3, 0.4) is 0 Å². The molecule has 0 bridgehead atoms. The summed E-state index contributed by atoms with van der Waals surface area (Å²) in [4.78, 5) is 50.2. The second-order valence-electron chi connectivity index (χ2n) is 9.33. The zero-order valence-electron chi connectivity index (χ0n) is 20.5. The summed E-state index contributed by atoms with van der Waals surface area (Å²) >= 11 is 0. The van der Waals surface area contributed by atoms with Crippen molar-refractivity contribution in [3.05, 3.63) is 96.1 Å². The number of carbonyl (C=O) groups is 4. The van der Waals surface area contributed by atoms with Crippen molar-refractivity contribution in [3.63, 3.8) is 0 Å². The van der Waals surface area contributed by atoms with Crippen molar-refractivity contribution < 1.29 is 29.4 Å². The summed E-state index contributed by atoms with van der Waals surface area (Å²) in [5.41, 5.74) is 12.7. The van der Waals surface area contributed by atoms with Crippen molar-refractivity contribution in [2.45, 2.75) is 36.8 Å². The number of fused-ring (bicyclic) bond motifs is 2. The lowest BCUT2D eigenvalue weighted by atomic mass is 9.82. The normalized spacial score (nSPS) is 14.5. The van der Waals surface area contributed by atoms with Gasteiger partial charge in [0, 0.05) is 12.8 Å². The second kappa shape index (κ2) is 11.3. The number of carboxylic acid groups (broad SMARTS) is 2. The highest BCUT2D eigenvalue weighted by Crippen LogP contribution is 2.29. The van der Waals surface area contributed by atoms with E-state index in [0.717, 1.165) is 21.5 Å². The Morgan fingerprint density at radius 1 is 0.553 bits per heavy atom. The van der Waals surface area contributed by atoms with Crippen molar-refractivity contribution in [1.29, 1.82) is 0 Å². The van der Waals surface area contributed by atoms with E-state index in [-0.39, 0.29) is 12.8 Å². The number of rotatable bonds is 11. The van der Waals surface area contributed by atoms with Crippen LogP contribution in [0.1, 0.15) is 35.8 Å². The number of hydrogen-bond donors (Lipinski definition) is 4. The fourth-order valence-electron chi connectivity index (χ4n) is 4.83. The summed E-state index contributed by atoms with van der Waals surface area (Å²) in [7, 11) is 0. The van der Waals surface area contributed by atoms with Crippen molar-refractivity contribution >= 4 is 45.0 Å². The Morgan fingerprint density at radius 3 is 1.24 bits per heavy atom. The Morgan fingerprint density at radius 2 is 0.895 bits per heavy atom. The molecule has 4 unspecified atom stereocenters. The minimum atomic E-state index is -1.52. The fraction of sp³-hybridized carbons (Fsp3) is 0.200. The monoisotopic (exact) mass is 512 g/mol. The molecule has 0 amide bonds. The van der Waals surface area contributed by atoms with Crippen LogP contribution in [-0.4, -0.2) is 45.8 Å². The van der Waals surface area contributed by atoms with Gasteiger partial charge in [0.15, 0.2) is 0 Å². The quantitative estimate of drug-likeness (QED) is 0.237. The van der Waals surface area contributed by atoms with E-state index in [1.807, 2.05) is 48.5 Å². The van der Waals surface area contributed by atoms with Crippen molar-refractivity contribution in [2.24, 2.45) is 11.5 Å². The summed E-state index contributed by atoms with van der Waals surface area (Å²) in [5, 5.41) is 22.6. The van der Waals surface area contributed by atoms with Gasteiger partial charge in [-0.15, -0.1) is 0 Å². The molecular weight excluding hydrogens is 484 g/mol. The average Bonchev–Trinajstić information content (AvgIpc) is 2.91. The van der Waals surface area contributed by atoms with E-state index in [1.165, 1.54) is 0 Å². The first-order chi connectivity index (χ1) is 18.2. The van der Waals surface area contributed by atoms with Crippen molar-refractivity contribution in [2.75, 3.05) is 0 Å². The van der Waals surface area contributed by atoms with Crippen LogP contribution in [0.4, 0.5) is 0 Å². The largest absolute Gasteiger partial charge is 0.480 e. The molecule has 194 valence electrons. The van der Waals surface area contributed by atoms with Gasteiger partial charge in [-0.25, -0.2) is 0 Å². The predicted octanol–water partition coefficient (Wildman–Crippen LogP) is 3.60. The minimum Gasteiger partial charge on any atom is -0.480 e. The molecule has 0 aliphatic heterocycles. The number of hydrogen-bond acceptors (Lipinski definition) is 6. The lowest BCUT2D eigenvalue weighted by Gasteiger charge is -2.23. The number of aliphatic carboxylic acids is 2. The molecule has 0 aromatic heterocycles. The smallest absolute Gasteiger partial charge is 0.321 e. The molecule has 0 saturated carbocycles. The first kappa shape index (κ1) is 26.7. The van der Waals surface area contributed by atoms with Crippen LogP contribution < -0.4 is 11.5 Å². The van der Waals surface area contributed by atoms with E-state index >= 15 is 0 Å². The maximum Gasteiger partial charge on any atom is 0.321 e. The van der Waals surface area contributed by atoms with Gasteiger partial charge >= 0.3 is 11.9 Å². The van der Waals surface area contributed by atoms with Crippen molar-refractivity contribution in [3.8, 4) is 0 Å². The van der Waals surface area contributed by atoms with Gasteiger partial charge < -0.3 is 21.7 Å². The maximum atomic E-state index is 13.3. The lowest BCUT2D eigenvalue weighted by molar-refractivity contribution is -0.142. The molecule has 4 rings (SSSR count). The summed E-state index contributed by atoms with van der Waals surface area (Å²) in [6, 6.07) is 22.2. The highest BCUT2D eigenvalue weighted by atomic mass is 16.4. The van der Waals surface area contributed by atoms with Crippen LogP contribution >= 0.6 is 0 Å². The number of carboxylic acids is 2. The van der Waals surface area contributed by atoms with E-state index in [0.29, 0.717) is 11.1 Å². The third-order valence-corrected chi connectivity index (χ3v) is 6.87. The molecule has 8 nitrogen and oxygen atoms in total. The Kier molecular flexibility index (Phi) is 7.95. The van der Waals surface area contributed by atoms with Gasteiger partial charge in [-0.2, -0.15) is 0 Å². The van der Waals surface area contributed by atoms with Crippen LogP contribution in [0.5, 0.6) is 0 Å². The molecule has 4 aromatic carbocycles. The van der Waals surface area contributed by atoms with Gasteiger partial charge in [0.05, 0.1) is 11.8 Å². The molecule has 4 aromatic rings. The molecule has 6 N–H and O–H groups in total. The molecule has 0 spiro atoms. The standard InChI is InChI=1S/C30H28N2O6/c31-27(29(35)36)25(21-11-9-17-5-1-3-7-19(17)15-21)23(33)13-14-24(34)26(28(32)30(37)38)22-12-10-18-6-2-4-8-20(18)16-22/h1-12,15-16,25-28H,13-14,31-32H2,(H,35,36)(H,37,38). The molecule has 4 atom stereocenters. The fourth-order valence-corrected chi connectivity index (χ4v) is 4.83. The zero-order chi connectivity index (χ0) is 27.4. The lowest BCUT2D eigenvalue weighted by Crippen LogP contribution is -2.42. The maximum absolute atomic E-state index is 13.3. The highest BCUT2D eigenvalue weighted by molar-refractivity contribution is 5.98. The average molecular weight is 513 g/mol. The van der Waals surface area contributed by atoms with Gasteiger partial charge in [0.1, 0.15) is 23.7 Å². The second-order valence-corrected chi connectivity index (χ2v) is 9.33. The SMILES string of the molecule is NC(C(=O)O)C(C(=O)CCC(=O)C(c1ccc2ccccc2c1)C(N)C(=O)O)c1ccc2ccccc2c1. The molecular formula is C30H28N2O6. The van der Waals surface area contributed by atoms with Crippen LogP contribution in [0.2, 0.25) is 0 Å². The zero-order valence-corrected chi connectivity index (χ0v) is 20.5. The van der Waals surface area contributed by atoms with E-state index in [2.05, 4.69) is 0 Å². The molecule has 0 aliphatic rings. The molecule has 0 fully saturated rings. The van der Waals surface area contributed by atoms with Gasteiger partial charge in [-0.3, -0.25) is 19.2 Å². The van der Waals surface area contributed by atoms with E-state index < -0.39 is 47.4 Å². The number of ketones is 2. The van der Waals surface area contributed by atoms with E-state index in [4.69, 9.17) is 11.5 Å². The summed E-state index contributed by atoms with van der Waals surface area (Å²) in [5.74, 6) is -6.10. The highest BCUT2D eigenvalue weighted by Gasteiger charge is 2.35. The van der Waals surface area contributed by atoms with E-state index in [1.54, 1.807) is 36.4 Å². The first-order valence-electron chi connectivity index (χ1n) is 12.2. The number of benzene rings is 4. The predicted molar refractivity (Wildman–Crippen MR) is 144 cm³/mol. The molecule has 38 heavy (non-hydrogen) atoms. The molecule has 0 aliphatic carbocycles. The number of carbonyl (C=O) groups excluding carboxylic acids is 2. The molecule has 0 radical (unpaired) electrons. The third kappa shape index (κ3) is 5.61. The number of nitrogens with two attached hydrogens (primary N) is 2. The Labute approximate surface area is 218 Å². The van der Waals surface area contributed by atoms with Crippen LogP contribution in [0, 0.1) is 0 Å². The van der Waals surface area contributed by atoms with E-state index in [9.17, 15) is 29.4 Å². The molecule has 0 heterocycles. The minimum absolute atomic E-state index is 0.312. The van der Waals surface area contributed by atoms with Gasteiger partial charge in [-0.1, -0.05) is 84.9 Å². The first-order valence-corrected chi connectivity index (χ1v) is 12.2. The van der Waals surface area contributed by atoms with Gasteiger partial charge in [0.2, 0.25) is 0 Å². The summed E-state index contributed by atoms with van der Waals surface area (Å²) < 4.78 is 0. The van der Waals surface area contributed by atoms with Gasteiger partial charge in [0.25, 0.3) is 0 Å².